The monoisotopic (exact) mass is 267 g/mol. The van der Waals surface area contributed by atoms with Crippen molar-refractivity contribution in [3.63, 3.8) is 0 Å². The molecular weight excluding hydrogens is 246 g/mol. The van der Waals surface area contributed by atoms with Crippen LogP contribution < -0.4 is 5.32 Å². The summed E-state index contributed by atoms with van der Waals surface area (Å²) in [6.45, 7) is 3.42. The highest BCUT2D eigenvalue weighted by Gasteiger charge is 2.08. The Morgan fingerprint density at radius 3 is 2.83 bits per heavy atom. The zero-order valence-electron chi connectivity index (χ0n) is 11.0. The van der Waals surface area contributed by atoms with Gasteiger partial charge in [0.05, 0.1) is 0 Å². The van der Waals surface area contributed by atoms with Crippen molar-refractivity contribution in [2.75, 3.05) is 20.3 Å². The summed E-state index contributed by atoms with van der Waals surface area (Å²) >= 11 is 4.25. The lowest BCUT2D eigenvalue weighted by Gasteiger charge is -2.08. The molecule has 0 aliphatic rings. The maximum absolute atomic E-state index is 11.9. The van der Waals surface area contributed by atoms with Crippen LogP contribution in [0.4, 0.5) is 0 Å². The number of hydrogen-bond donors (Lipinski definition) is 2. The highest BCUT2D eigenvalue weighted by atomic mass is 32.1. The van der Waals surface area contributed by atoms with Gasteiger partial charge in [-0.05, 0) is 43.9 Å². The van der Waals surface area contributed by atoms with Crippen LogP contribution in [0.5, 0.6) is 0 Å². The molecule has 0 saturated carbocycles. The van der Waals surface area contributed by atoms with Crippen LogP contribution in [0.1, 0.15) is 35.2 Å². The van der Waals surface area contributed by atoms with Gasteiger partial charge < -0.3 is 10.1 Å². The summed E-state index contributed by atoms with van der Waals surface area (Å²) in [5.74, 6) is -0.0184. The number of nitrogens with one attached hydrogen (secondary N) is 1. The van der Waals surface area contributed by atoms with Gasteiger partial charge in [-0.15, -0.1) is 12.6 Å². The molecule has 100 valence electrons. The van der Waals surface area contributed by atoms with Gasteiger partial charge in [0, 0.05) is 30.7 Å². The van der Waals surface area contributed by atoms with Crippen LogP contribution in [-0.4, -0.2) is 26.2 Å². The Balaban J connectivity index is 2.34. The third kappa shape index (κ3) is 5.10. The first kappa shape index (κ1) is 15.1. The van der Waals surface area contributed by atoms with E-state index in [9.17, 15) is 4.79 Å². The first-order valence-electron chi connectivity index (χ1n) is 6.22. The predicted octanol–water partition coefficient (Wildman–Crippen LogP) is 2.83. The number of benzene rings is 1. The Labute approximate surface area is 114 Å². The number of carbonyl (C=O) groups is 1. The standard InChI is InChI=1S/C14H21NO2S/c1-11-6-7-12(18)10-13(11)14(16)15-8-4-3-5-9-17-2/h6-7,10,18H,3-5,8-9H2,1-2H3,(H,15,16). The summed E-state index contributed by atoms with van der Waals surface area (Å²) < 4.78 is 4.97. The largest absolute Gasteiger partial charge is 0.385 e. The maximum Gasteiger partial charge on any atom is 0.251 e. The van der Waals surface area contributed by atoms with Gasteiger partial charge in [-0.25, -0.2) is 0 Å². The van der Waals surface area contributed by atoms with Crippen LogP contribution in [0, 0.1) is 6.92 Å². The lowest BCUT2D eigenvalue weighted by atomic mass is 10.1. The molecule has 18 heavy (non-hydrogen) atoms. The van der Waals surface area contributed by atoms with Crippen molar-refractivity contribution in [2.45, 2.75) is 31.1 Å². The van der Waals surface area contributed by atoms with E-state index in [1.165, 1.54) is 0 Å². The van der Waals surface area contributed by atoms with Gasteiger partial charge in [-0.2, -0.15) is 0 Å². The highest BCUT2D eigenvalue weighted by Crippen LogP contribution is 2.13. The summed E-state index contributed by atoms with van der Waals surface area (Å²) in [6.07, 6.45) is 3.09. The van der Waals surface area contributed by atoms with Crippen molar-refractivity contribution in [3.05, 3.63) is 29.3 Å². The topological polar surface area (TPSA) is 38.3 Å². The van der Waals surface area contributed by atoms with E-state index < -0.39 is 0 Å². The number of rotatable bonds is 7. The van der Waals surface area contributed by atoms with Crippen molar-refractivity contribution in [1.82, 2.24) is 5.32 Å². The number of carbonyl (C=O) groups excluding carboxylic acids is 1. The molecule has 0 aliphatic heterocycles. The Hall–Kier alpha value is -1.00. The molecule has 3 nitrogen and oxygen atoms in total. The van der Waals surface area contributed by atoms with Gasteiger partial charge in [0.15, 0.2) is 0 Å². The fourth-order valence-corrected chi connectivity index (χ4v) is 1.90. The molecule has 0 atom stereocenters. The summed E-state index contributed by atoms with van der Waals surface area (Å²) in [5, 5.41) is 2.93. The van der Waals surface area contributed by atoms with Gasteiger partial charge in [0.25, 0.3) is 5.91 Å². The number of unbranched alkanes of at least 4 members (excludes halogenated alkanes) is 2. The number of hydrogen-bond acceptors (Lipinski definition) is 3. The second kappa shape index (κ2) is 8.16. The molecule has 1 amide bonds. The molecule has 0 aromatic heterocycles. The quantitative estimate of drug-likeness (QED) is 0.589. The molecule has 1 aromatic rings. The van der Waals surface area contributed by atoms with Gasteiger partial charge in [-0.1, -0.05) is 6.07 Å². The molecule has 0 heterocycles. The predicted molar refractivity (Wildman–Crippen MR) is 76.5 cm³/mol. The Kier molecular flexibility index (Phi) is 6.83. The van der Waals surface area contributed by atoms with Crippen molar-refractivity contribution < 1.29 is 9.53 Å². The van der Waals surface area contributed by atoms with Crippen LogP contribution in [0.25, 0.3) is 0 Å². The molecule has 0 unspecified atom stereocenters. The minimum atomic E-state index is -0.0184. The highest BCUT2D eigenvalue weighted by molar-refractivity contribution is 7.80. The summed E-state index contributed by atoms with van der Waals surface area (Å²) in [7, 11) is 1.70. The lowest BCUT2D eigenvalue weighted by molar-refractivity contribution is 0.0952. The zero-order chi connectivity index (χ0) is 13.4. The van der Waals surface area contributed by atoms with Crippen LogP contribution in [0.3, 0.4) is 0 Å². The van der Waals surface area contributed by atoms with Gasteiger partial charge in [0.2, 0.25) is 0 Å². The molecule has 0 bridgehead atoms. The fourth-order valence-electron chi connectivity index (χ4n) is 1.70. The van der Waals surface area contributed by atoms with Crippen LogP contribution >= 0.6 is 12.6 Å². The normalized spacial score (nSPS) is 10.4. The number of amides is 1. The average Bonchev–Trinajstić information content (AvgIpc) is 2.36. The van der Waals surface area contributed by atoms with Crippen molar-refractivity contribution in [2.24, 2.45) is 0 Å². The first-order chi connectivity index (χ1) is 8.65. The number of aryl methyl sites for hydroxylation is 1. The molecule has 4 heteroatoms. The van der Waals surface area contributed by atoms with Crippen molar-refractivity contribution in [1.29, 1.82) is 0 Å². The fraction of sp³-hybridized carbons (Fsp3) is 0.500. The minimum Gasteiger partial charge on any atom is -0.385 e. The Morgan fingerprint density at radius 2 is 2.11 bits per heavy atom. The number of ether oxygens (including phenoxy) is 1. The molecule has 1 N–H and O–H groups in total. The van der Waals surface area contributed by atoms with Crippen molar-refractivity contribution >= 4 is 18.5 Å². The summed E-state index contributed by atoms with van der Waals surface area (Å²) in [4.78, 5) is 12.7. The van der Waals surface area contributed by atoms with E-state index in [1.807, 2.05) is 19.1 Å². The number of thiol groups is 1. The molecule has 0 saturated heterocycles. The second-order valence-electron chi connectivity index (χ2n) is 4.31. The molecule has 0 aliphatic carbocycles. The second-order valence-corrected chi connectivity index (χ2v) is 4.82. The zero-order valence-corrected chi connectivity index (χ0v) is 11.9. The Bertz CT molecular complexity index is 393. The summed E-state index contributed by atoms with van der Waals surface area (Å²) in [6, 6.07) is 5.61. The van der Waals surface area contributed by atoms with E-state index in [1.54, 1.807) is 13.2 Å². The van der Waals surface area contributed by atoms with E-state index in [0.717, 1.165) is 36.3 Å². The van der Waals surface area contributed by atoms with E-state index in [2.05, 4.69) is 17.9 Å². The number of methoxy groups -OCH3 is 1. The van der Waals surface area contributed by atoms with Crippen molar-refractivity contribution in [3.8, 4) is 0 Å². The smallest absolute Gasteiger partial charge is 0.251 e. The van der Waals surface area contributed by atoms with E-state index in [0.29, 0.717) is 12.1 Å². The van der Waals surface area contributed by atoms with Gasteiger partial charge in [0.1, 0.15) is 0 Å². The van der Waals surface area contributed by atoms with Gasteiger partial charge in [-0.3, -0.25) is 4.79 Å². The van der Waals surface area contributed by atoms with Crippen LogP contribution in [0.2, 0.25) is 0 Å². The molecule has 0 radical (unpaired) electrons. The maximum atomic E-state index is 11.9. The van der Waals surface area contributed by atoms with E-state index >= 15 is 0 Å². The SMILES string of the molecule is COCCCCCNC(=O)c1cc(S)ccc1C. The van der Waals surface area contributed by atoms with E-state index in [-0.39, 0.29) is 5.91 Å². The molecular formula is C14H21NO2S. The molecule has 1 rings (SSSR count). The third-order valence-electron chi connectivity index (χ3n) is 2.78. The van der Waals surface area contributed by atoms with E-state index in [4.69, 9.17) is 4.74 Å². The minimum absolute atomic E-state index is 0.0184. The van der Waals surface area contributed by atoms with Crippen LogP contribution in [-0.2, 0) is 4.74 Å². The van der Waals surface area contributed by atoms with Crippen LogP contribution in [0.15, 0.2) is 23.1 Å². The van der Waals surface area contributed by atoms with Gasteiger partial charge >= 0.3 is 0 Å². The lowest BCUT2D eigenvalue weighted by Crippen LogP contribution is -2.25. The molecule has 0 fully saturated rings. The average molecular weight is 267 g/mol. The summed E-state index contributed by atoms with van der Waals surface area (Å²) in [5.41, 5.74) is 1.68. The molecule has 0 spiro atoms. The Morgan fingerprint density at radius 1 is 1.33 bits per heavy atom. The first-order valence-corrected chi connectivity index (χ1v) is 6.66. The molecule has 1 aromatic carbocycles. The third-order valence-corrected chi connectivity index (χ3v) is 3.05.